The number of anilines is 1. The molecule has 2 aromatic carbocycles. The molecule has 1 atom stereocenters. The van der Waals surface area contributed by atoms with Crippen LogP contribution in [0.1, 0.15) is 24.0 Å². The first-order valence-corrected chi connectivity index (χ1v) is 6.55. The molecule has 0 aliphatic heterocycles. The SMILES string of the molecule is CC(c1ccc2nccc(N)c2c1)c1ccccc1F. The van der Waals surface area contributed by atoms with Gasteiger partial charge in [-0.25, -0.2) is 4.39 Å². The molecular formula is C17H15FN2. The van der Waals surface area contributed by atoms with Gasteiger partial charge in [-0.1, -0.05) is 31.2 Å². The number of benzene rings is 2. The van der Waals surface area contributed by atoms with Crippen LogP contribution in [0.5, 0.6) is 0 Å². The van der Waals surface area contributed by atoms with Crippen LogP contribution in [0.25, 0.3) is 10.9 Å². The quantitative estimate of drug-likeness (QED) is 0.758. The molecular weight excluding hydrogens is 251 g/mol. The van der Waals surface area contributed by atoms with E-state index in [0.717, 1.165) is 16.5 Å². The number of fused-ring (bicyclic) bond motifs is 1. The second-order valence-electron chi connectivity index (χ2n) is 4.92. The monoisotopic (exact) mass is 266 g/mol. The Balaban J connectivity index is 2.11. The summed E-state index contributed by atoms with van der Waals surface area (Å²) in [6.45, 7) is 1.99. The number of nitrogens with zero attached hydrogens (tertiary/aromatic N) is 1. The Morgan fingerprint density at radius 2 is 1.90 bits per heavy atom. The molecule has 0 aliphatic rings. The number of halogens is 1. The number of hydrogen-bond donors (Lipinski definition) is 1. The van der Waals surface area contributed by atoms with Crippen molar-refractivity contribution < 1.29 is 4.39 Å². The van der Waals surface area contributed by atoms with Crippen LogP contribution >= 0.6 is 0 Å². The fourth-order valence-electron chi connectivity index (χ4n) is 2.46. The van der Waals surface area contributed by atoms with E-state index in [2.05, 4.69) is 4.98 Å². The maximum Gasteiger partial charge on any atom is 0.127 e. The lowest BCUT2D eigenvalue weighted by Gasteiger charge is -2.14. The van der Waals surface area contributed by atoms with Crippen LogP contribution in [0, 0.1) is 5.82 Å². The average molecular weight is 266 g/mol. The first-order chi connectivity index (χ1) is 9.66. The van der Waals surface area contributed by atoms with Gasteiger partial charge in [0.15, 0.2) is 0 Å². The fraction of sp³-hybridized carbons (Fsp3) is 0.118. The average Bonchev–Trinajstić information content (AvgIpc) is 2.47. The maximum absolute atomic E-state index is 13.9. The highest BCUT2D eigenvalue weighted by Gasteiger charge is 2.13. The third-order valence-corrected chi connectivity index (χ3v) is 3.67. The Bertz CT molecular complexity index is 768. The third kappa shape index (κ3) is 2.11. The standard InChI is InChI=1S/C17H15FN2/c1-11(13-4-2-3-5-15(13)18)12-6-7-17-14(10-12)16(19)8-9-20-17/h2-11H,1H3,(H2,19,20). The highest BCUT2D eigenvalue weighted by molar-refractivity contribution is 5.90. The summed E-state index contributed by atoms with van der Waals surface area (Å²) in [7, 11) is 0. The molecule has 1 unspecified atom stereocenters. The van der Waals surface area contributed by atoms with Gasteiger partial charge in [0.2, 0.25) is 0 Å². The molecule has 2 N–H and O–H groups in total. The van der Waals surface area contributed by atoms with Crippen molar-refractivity contribution in [3.8, 4) is 0 Å². The van der Waals surface area contributed by atoms with Crippen LogP contribution < -0.4 is 5.73 Å². The molecule has 0 saturated heterocycles. The van der Waals surface area contributed by atoms with Gasteiger partial charge in [-0.3, -0.25) is 4.98 Å². The molecule has 0 saturated carbocycles. The molecule has 3 rings (SSSR count). The normalized spacial score (nSPS) is 12.5. The lowest BCUT2D eigenvalue weighted by molar-refractivity contribution is 0.603. The first kappa shape index (κ1) is 12.6. The van der Waals surface area contributed by atoms with Crippen molar-refractivity contribution >= 4 is 16.6 Å². The number of rotatable bonds is 2. The molecule has 3 heteroatoms. The second kappa shape index (κ2) is 4.93. The van der Waals surface area contributed by atoms with Gasteiger partial charge < -0.3 is 5.73 Å². The van der Waals surface area contributed by atoms with Crippen molar-refractivity contribution in [2.75, 3.05) is 5.73 Å². The van der Waals surface area contributed by atoms with Gasteiger partial charge in [-0.05, 0) is 35.4 Å². The molecule has 0 aliphatic carbocycles. The van der Waals surface area contributed by atoms with E-state index >= 15 is 0 Å². The molecule has 1 heterocycles. The topological polar surface area (TPSA) is 38.9 Å². The van der Waals surface area contributed by atoms with Crippen LogP contribution in [0.3, 0.4) is 0 Å². The largest absolute Gasteiger partial charge is 0.398 e. The van der Waals surface area contributed by atoms with Gasteiger partial charge in [0.05, 0.1) is 5.52 Å². The summed E-state index contributed by atoms with van der Waals surface area (Å²) in [5.41, 5.74) is 9.25. The Hall–Kier alpha value is -2.42. The van der Waals surface area contributed by atoms with E-state index in [1.165, 1.54) is 6.07 Å². The lowest BCUT2D eigenvalue weighted by atomic mass is 9.91. The van der Waals surface area contributed by atoms with E-state index < -0.39 is 0 Å². The van der Waals surface area contributed by atoms with Crippen molar-refractivity contribution in [1.82, 2.24) is 4.98 Å². The summed E-state index contributed by atoms with van der Waals surface area (Å²) in [5.74, 6) is -0.209. The maximum atomic E-state index is 13.9. The number of nitrogen functional groups attached to an aromatic ring is 1. The Morgan fingerprint density at radius 3 is 2.70 bits per heavy atom. The number of aromatic nitrogens is 1. The number of nitrogens with two attached hydrogens (primary N) is 1. The minimum absolute atomic E-state index is 0.0276. The van der Waals surface area contributed by atoms with Crippen molar-refractivity contribution in [2.24, 2.45) is 0 Å². The minimum atomic E-state index is -0.181. The van der Waals surface area contributed by atoms with Crippen molar-refractivity contribution in [3.05, 3.63) is 71.7 Å². The zero-order valence-corrected chi connectivity index (χ0v) is 11.2. The minimum Gasteiger partial charge on any atom is -0.398 e. The highest BCUT2D eigenvalue weighted by Crippen LogP contribution is 2.29. The van der Waals surface area contributed by atoms with Gasteiger partial charge >= 0.3 is 0 Å². The molecule has 2 nitrogen and oxygen atoms in total. The first-order valence-electron chi connectivity index (χ1n) is 6.55. The fourth-order valence-corrected chi connectivity index (χ4v) is 2.46. The molecule has 100 valence electrons. The summed E-state index contributed by atoms with van der Waals surface area (Å²) in [4.78, 5) is 4.28. The number of hydrogen-bond acceptors (Lipinski definition) is 2. The zero-order valence-electron chi connectivity index (χ0n) is 11.2. The molecule has 0 spiro atoms. The molecule has 0 bridgehead atoms. The van der Waals surface area contributed by atoms with Gasteiger partial charge in [-0.2, -0.15) is 0 Å². The van der Waals surface area contributed by atoms with Crippen LogP contribution in [0.15, 0.2) is 54.7 Å². The summed E-state index contributed by atoms with van der Waals surface area (Å²) < 4.78 is 13.9. The highest BCUT2D eigenvalue weighted by atomic mass is 19.1. The van der Waals surface area contributed by atoms with E-state index in [4.69, 9.17) is 5.73 Å². The Kier molecular flexibility index (Phi) is 3.11. The molecule has 0 fully saturated rings. The summed E-state index contributed by atoms with van der Waals surface area (Å²) >= 11 is 0. The van der Waals surface area contributed by atoms with Crippen molar-refractivity contribution in [1.29, 1.82) is 0 Å². The third-order valence-electron chi connectivity index (χ3n) is 3.67. The van der Waals surface area contributed by atoms with E-state index in [1.54, 1.807) is 18.3 Å². The Morgan fingerprint density at radius 1 is 1.10 bits per heavy atom. The Labute approximate surface area is 117 Å². The van der Waals surface area contributed by atoms with Gasteiger partial charge in [-0.15, -0.1) is 0 Å². The van der Waals surface area contributed by atoms with Gasteiger partial charge in [0, 0.05) is 23.2 Å². The lowest BCUT2D eigenvalue weighted by Crippen LogP contribution is -2.00. The van der Waals surface area contributed by atoms with Crippen molar-refractivity contribution in [3.63, 3.8) is 0 Å². The van der Waals surface area contributed by atoms with E-state index in [1.807, 2.05) is 37.3 Å². The number of pyridine rings is 1. The van der Waals surface area contributed by atoms with Crippen LogP contribution in [0.2, 0.25) is 0 Å². The van der Waals surface area contributed by atoms with Crippen molar-refractivity contribution in [2.45, 2.75) is 12.8 Å². The summed E-state index contributed by atoms with van der Waals surface area (Å²) in [6.07, 6.45) is 1.69. The smallest absolute Gasteiger partial charge is 0.127 e. The second-order valence-corrected chi connectivity index (χ2v) is 4.92. The molecule has 3 aromatic rings. The van der Waals surface area contributed by atoms with E-state index in [-0.39, 0.29) is 11.7 Å². The molecule has 1 aromatic heterocycles. The molecule has 0 amide bonds. The molecule has 0 radical (unpaired) electrons. The van der Waals surface area contributed by atoms with Gasteiger partial charge in [0.25, 0.3) is 0 Å². The van der Waals surface area contributed by atoms with Gasteiger partial charge in [0.1, 0.15) is 5.82 Å². The predicted molar refractivity (Wildman–Crippen MR) is 80.1 cm³/mol. The van der Waals surface area contributed by atoms with E-state index in [0.29, 0.717) is 11.3 Å². The molecule has 20 heavy (non-hydrogen) atoms. The predicted octanol–water partition coefficient (Wildman–Crippen LogP) is 4.11. The summed E-state index contributed by atoms with van der Waals surface area (Å²) in [6, 6.07) is 14.5. The summed E-state index contributed by atoms with van der Waals surface area (Å²) in [5, 5.41) is 0.910. The zero-order chi connectivity index (χ0) is 14.1. The van der Waals surface area contributed by atoms with E-state index in [9.17, 15) is 4.39 Å². The van der Waals surface area contributed by atoms with Crippen LogP contribution in [-0.2, 0) is 0 Å². The van der Waals surface area contributed by atoms with Crippen LogP contribution in [-0.4, -0.2) is 4.98 Å². The van der Waals surface area contributed by atoms with Crippen LogP contribution in [0.4, 0.5) is 10.1 Å².